The van der Waals surface area contributed by atoms with Crippen molar-refractivity contribution in [2.24, 2.45) is 11.7 Å². The van der Waals surface area contributed by atoms with Crippen molar-refractivity contribution in [2.45, 2.75) is 38.8 Å². The van der Waals surface area contributed by atoms with Crippen LogP contribution in [-0.4, -0.2) is 28.3 Å². The number of carboxylic acid groups (broad SMARTS) is 1. The number of hydrogen-bond acceptors (Lipinski definition) is 3. The van der Waals surface area contributed by atoms with Crippen LogP contribution in [0.15, 0.2) is 0 Å². The molecule has 0 aromatic carbocycles. The molecule has 12 heavy (non-hydrogen) atoms. The van der Waals surface area contributed by atoms with E-state index in [1.54, 1.807) is 0 Å². The summed E-state index contributed by atoms with van der Waals surface area (Å²) in [6.45, 7) is 3.96. The zero-order valence-electron chi connectivity index (χ0n) is 7.53. The predicted molar refractivity (Wildman–Crippen MR) is 45.7 cm³/mol. The summed E-state index contributed by atoms with van der Waals surface area (Å²) < 4.78 is 0. The largest absolute Gasteiger partial charge is 0.481 e. The average molecular weight is 175 g/mol. The summed E-state index contributed by atoms with van der Waals surface area (Å²) in [5.41, 5.74) is 5.55. The van der Waals surface area contributed by atoms with Gasteiger partial charge in [-0.05, 0) is 12.3 Å². The van der Waals surface area contributed by atoms with Crippen LogP contribution in [0.25, 0.3) is 0 Å². The highest BCUT2D eigenvalue weighted by atomic mass is 16.4. The second-order valence-electron chi connectivity index (χ2n) is 3.46. The van der Waals surface area contributed by atoms with Crippen LogP contribution in [0.2, 0.25) is 0 Å². The molecule has 0 bridgehead atoms. The number of aliphatic hydroxyl groups excluding tert-OH is 1. The highest BCUT2D eigenvalue weighted by molar-refractivity contribution is 5.67. The number of aliphatic carboxylic acids is 1. The molecule has 0 aliphatic rings. The lowest BCUT2D eigenvalue weighted by molar-refractivity contribution is -0.139. The Morgan fingerprint density at radius 2 is 2.00 bits per heavy atom. The minimum atomic E-state index is -1.01. The predicted octanol–water partition coefficient (Wildman–Crippen LogP) is 0.195. The van der Waals surface area contributed by atoms with Gasteiger partial charge in [0.05, 0.1) is 12.5 Å². The lowest BCUT2D eigenvalue weighted by Crippen LogP contribution is -2.37. The van der Waals surface area contributed by atoms with E-state index in [9.17, 15) is 9.90 Å². The Hall–Kier alpha value is -0.610. The molecular weight excluding hydrogens is 158 g/mol. The first-order chi connectivity index (χ1) is 5.43. The number of rotatable bonds is 5. The third kappa shape index (κ3) is 5.09. The van der Waals surface area contributed by atoms with Crippen LogP contribution in [0.1, 0.15) is 26.7 Å². The van der Waals surface area contributed by atoms with Gasteiger partial charge in [-0.25, -0.2) is 0 Å². The fraction of sp³-hybridized carbons (Fsp3) is 0.875. The van der Waals surface area contributed by atoms with Gasteiger partial charge in [0.15, 0.2) is 0 Å². The number of aliphatic hydroxyl groups is 1. The van der Waals surface area contributed by atoms with Gasteiger partial charge in [-0.2, -0.15) is 0 Å². The summed E-state index contributed by atoms with van der Waals surface area (Å²) in [4.78, 5) is 10.2. The fourth-order valence-corrected chi connectivity index (χ4v) is 1.03. The first kappa shape index (κ1) is 11.4. The molecular formula is C8H17NO3. The maximum Gasteiger partial charge on any atom is 0.306 e. The summed E-state index contributed by atoms with van der Waals surface area (Å²) in [5.74, 6) is -0.634. The lowest BCUT2D eigenvalue weighted by atomic mass is 9.98. The second-order valence-corrected chi connectivity index (χ2v) is 3.46. The van der Waals surface area contributed by atoms with Gasteiger partial charge in [-0.1, -0.05) is 13.8 Å². The van der Waals surface area contributed by atoms with Crippen molar-refractivity contribution in [1.82, 2.24) is 0 Å². The number of nitrogens with two attached hydrogens (primary N) is 1. The Morgan fingerprint density at radius 1 is 1.50 bits per heavy atom. The van der Waals surface area contributed by atoms with Crippen LogP contribution in [0, 0.1) is 5.92 Å². The zero-order chi connectivity index (χ0) is 9.72. The van der Waals surface area contributed by atoms with Crippen molar-refractivity contribution >= 4 is 5.97 Å². The van der Waals surface area contributed by atoms with E-state index in [4.69, 9.17) is 10.8 Å². The molecule has 0 saturated carbocycles. The second kappa shape index (κ2) is 5.11. The standard InChI is InChI=1S/C8H17NO3/c1-5(2)3-6(9)7(10)4-8(11)12/h5-7,10H,3-4,9H2,1-2H3,(H,11,12)/t6-,7-/m1/s1. The third-order valence-electron chi connectivity index (χ3n) is 1.62. The molecule has 2 atom stereocenters. The summed E-state index contributed by atoms with van der Waals surface area (Å²) >= 11 is 0. The Morgan fingerprint density at radius 3 is 2.33 bits per heavy atom. The van der Waals surface area contributed by atoms with E-state index in [0.717, 1.165) is 0 Å². The average Bonchev–Trinajstić information content (AvgIpc) is 1.84. The molecule has 0 radical (unpaired) electrons. The van der Waals surface area contributed by atoms with E-state index in [2.05, 4.69) is 0 Å². The third-order valence-corrected chi connectivity index (χ3v) is 1.62. The van der Waals surface area contributed by atoms with Gasteiger partial charge < -0.3 is 15.9 Å². The van der Waals surface area contributed by atoms with E-state index >= 15 is 0 Å². The number of carboxylic acids is 1. The molecule has 0 unspecified atom stereocenters. The Bertz CT molecular complexity index is 147. The molecule has 72 valence electrons. The molecule has 0 saturated heterocycles. The summed E-state index contributed by atoms with van der Waals surface area (Å²) in [5, 5.41) is 17.6. The first-order valence-corrected chi connectivity index (χ1v) is 4.09. The van der Waals surface area contributed by atoms with Crippen LogP contribution in [0.5, 0.6) is 0 Å². The summed E-state index contributed by atoms with van der Waals surface area (Å²) in [7, 11) is 0. The van der Waals surface area contributed by atoms with Crippen molar-refractivity contribution in [1.29, 1.82) is 0 Å². The lowest BCUT2D eigenvalue weighted by Gasteiger charge is -2.18. The highest BCUT2D eigenvalue weighted by Gasteiger charge is 2.18. The molecule has 4 N–H and O–H groups in total. The van der Waals surface area contributed by atoms with E-state index in [1.165, 1.54) is 0 Å². The van der Waals surface area contributed by atoms with E-state index in [1.807, 2.05) is 13.8 Å². The number of carbonyl (C=O) groups is 1. The van der Waals surface area contributed by atoms with E-state index in [-0.39, 0.29) is 6.42 Å². The highest BCUT2D eigenvalue weighted by Crippen LogP contribution is 2.08. The molecule has 4 heteroatoms. The Kier molecular flexibility index (Phi) is 4.85. The maximum absolute atomic E-state index is 10.2. The molecule has 0 aliphatic heterocycles. The van der Waals surface area contributed by atoms with Crippen molar-refractivity contribution < 1.29 is 15.0 Å². The number of hydrogen-bond donors (Lipinski definition) is 3. The molecule has 0 aliphatic carbocycles. The quantitative estimate of drug-likeness (QED) is 0.557. The van der Waals surface area contributed by atoms with Crippen molar-refractivity contribution in [3.05, 3.63) is 0 Å². The van der Waals surface area contributed by atoms with Crippen LogP contribution < -0.4 is 5.73 Å². The Labute approximate surface area is 72.4 Å². The van der Waals surface area contributed by atoms with E-state index in [0.29, 0.717) is 12.3 Å². The van der Waals surface area contributed by atoms with Crippen LogP contribution in [0.3, 0.4) is 0 Å². The van der Waals surface area contributed by atoms with Gasteiger partial charge in [-0.3, -0.25) is 4.79 Å². The monoisotopic (exact) mass is 175 g/mol. The fourth-order valence-electron chi connectivity index (χ4n) is 1.03. The van der Waals surface area contributed by atoms with Gasteiger partial charge in [-0.15, -0.1) is 0 Å². The van der Waals surface area contributed by atoms with Crippen LogP contribution in [-0.2, 0) is 4.79 Å². The van der Waals surface area contributed by atoms with Gasteiger partial charge in [0.1, 0.15) is 0 Å². The van der Waals surface area contributed by atoms with Gasteiger partial charge >= 0.3 is 5.97 Å². The molecule has 0 heterocycles. The van der Waals surface area contributed by atoms with Crippen molar-refractivity contribution in [3.63, 3.8) is 0 Å². The maximum atomic E-state index is 10.2. The van der Waals surface area contributed by atoms with Crippen LogP contribution >= 0.6 is 0 Å². The first-order valence-electron chi connectivity index (χ1n) is 4.09. The molecule has 0 rings (SSSR count). The molecule has 0 aromatic rings. The minimum absolute atomic E-state index is 0.270. The van der Waals surface area contributed by atoms with Crippen molar-refractivity contribution in [2.75, 3.05) is 0 Å². The molecule has 0 amide bonds. The smallest absolute Gasteiger partial charge is 0.306 e. The summed E-state index contributed by atoms with van der Waals surface area (Å²) in [6.07, 6.45) is -0.549. The van der Waals surface area contributed by atoms with Gasteiger partial charge in [0.2, 0.25) is 0 Å². The molecule has 0 aromatic heterocycles. The molecule has 4 nitrogen and oxygen atoms in total. The van der Waals surface area contributed by atoms with E-state index < -0.39 is 18.1 Å². The van der Waals surface area contributed by atoms with Crippen molar-refractivity contribution in [3.8, 4) is 0 Å². The normalized spacial score (nSPS) is 16.1. The molecule has 0 fully saturated rings. The van der Waals surface area contributed by atoms with Crippen LogP contribution in [0.4, 0.5) is 0 Å². The summed E-state index contributed by atoms with van der Waals surface area (Å²) in [6, 6.07) is -0.430. The van der Waals surface area contributed by atoms with Gasteiger partial charge in [0.25, 0.3) is 0 Å². The van der Waals surface area contributed by atoms with Gasteiger partial charge in [0, 0.05) is 6.04 Å². The SMILES string of the molecule is CC(C)C[C@@H](N)[C@H](O)CC(=O)O. The molecule has 0 spiro atoms. The minimum Gasteiger partial charge on any atom is -0.481 e. The zero-order valence-corrected chi connectivity index (χ0v) is 7.53. The topological polar surface area (TPSA) is 83.5 Å². The Balaban J connectivity index is 3.76.